The first-order chi connectivity index (χ1) is 9.65. The van der Waals surface area contributed by atoms with E-state index < -0.39 is 0 Å². The average molecular weight is 279 g/mol. The van der Waals surface area contributed by atoms with Crippen LogP contribution in [0.3, 0.4) is 0 Å². The molecular formula is C15H25N3O2. The van der Waals surface area contributed by atoms with Crippen LogP contribution in [0.15, 0.2) is 6.20 Å². The van der Waals surface area contributed by atoms with Gasteiger partial charge in [0.05, 0.1) is 30.8 Å². The first-order valence-electron chi connectivity index (χ1n) is 7.36. The predicted octanol–water partition coefficient (Wildman–Crippen LogP) is 1.96. The van der Waals surface area contributed by atoms with Crippen LogP contribution in [0.5, 0.6) is 0 Å². The molecule has 2 rings (SSSR count). The van der Waals surface area contributed by atoms with E-state index in [1.54, 1.807) is 7.11 Å². The van der Waals surface area contributed by atoms with Crippen molar-refractivity contribution in [2.75, 3.05) is 31.7 Å². The number of aliphatic hydroxyl groups is 1. The SMILES string of the molecule is COCC1CCCN(c2cnc(C(C)C)nc2CO)C1. The summed E-state index contributed by atoms with van der Waals surface area (Å²) in [4.78, 5) is 11.2. The molecule has 5 heteroatoms. The Kier molecular flexibility index (Phi) is 5.31. The highest BCUT2D eigenvalue weighted by Crippen LogP contribution is 2.26. The Balaban J connectivity index is 2.18. The van der Waals surface area contributed by atoms with Crippen LogP contribution in [0.4, 0.5) is 5.69 Å². The summed E-state index contributed by atoms with van der Waals surface area (Å²) in [6.45, 7) is 6.82. The normalized spacial score (nSPS) is 19.6. The van der Waals surface area contributed by atoms with E-state index in [1.807, 2.05) is 6.20 Å². The van der Waals surface area contributed by atoms with Crippen molar-refractivity contribution in [3.8, 4) is 0 Å². The van der Waals surface area contributed by atoms with E-state index in [1.165, 1.54) is 6.42 Å². The summed E-state index contributed by atoms with van der Waals surface area (Å²) >= 11 is 0. The van der Waals surface area contributed by atoms with Crippen LogP contribution in [0.1, 0.15) is 44.1 Å². The number of anilines is 1. The highest BCUT2D eigenvalue weighted by Gasteiger charge is 2.23. The van der Waals surface area contributed by atoms with Crippen LogP contribution in [0, 0.1) is 5.92 Å². The molecule has 0 bridgehead atoms. The Labute approximate surface area is 121 Å². The van der Waals surface area contributed by atoms with Crippen LogP contribution < -0.4 is 4.90 Å². The van der Waals surface area contributed by atoms with E-state index in [0.717, 1.165) is 43.3 Å². The molecule has 1 aliphatic heterocycles. The van der Waals surface area contributed by atoms with Crippen LogP contribution in [0.2, 0.25) is 0 Å². The fourth-order valence-corrected chi connectivity index (χ4v) is 2.74. The summed E-state index contributed by atoms with van der Waals surface area (Å²) in [6, 6.07) is 0. The van der Waals surface area contributed by atoms with Gasteiger partial charge >= 0.3 is 0 Å². The zero-order valence-electron chi connectivity index (χ0n) is 12.7. The van der Waals surface area contributed by atoms with E-state index in [-0.39, 0.29) is 12.5 Å². The quantitative estimate of drug-likeness (QED) is 0.893. The van der Waals surface area contributed by atoms with E-state index in [4.69, 9.17) is 4.74 Å². The minimum absolute atomic E-state index is 0.0387. The highest BCUT2D eigenvalue weighted by molar-refractivity contribution is 5.49. The average Bonchev–Trinajstić information content (AvgIpc) is 2.47. The second kappa shape index (κ2) is 6.99. The van der Waals surface area contributed by atoms with Gasteiger partial charge in [0.1, 0.15) is 5.82 Å². The van der Waals surface area contributed by atoms with Gasteiger partial charge in [0, 0.05) is 26.1 Å². The van der Waals surface area contributed by atoms with Gasteiger partial charge in [-0.05, 0) is 18.8 Å². The number of hydrogen-bond acceptors (Lipinski definition) is 5. The lowest BCUT2D eigenvalue weighted by Crippen LogP contribution is -2.38. The van der Waals surface area contributed by atoms with Crippen molar-refractivity contribution in [1.82, 2.24) is 9.97 Å². The molecule has 0 amide bonds. The monoisotopic (exact) mass is 279 g/mol. The summed E-state index contributed by atoms with van der Waals surface area (Å²) in [7, 11) is 1.75. The van der Waals surface area contributed by atoms with Crippen LogP contribution in [-0.4, -0.2) is 41.9 Å². The molecule has 1 atom stereocenters. The Bertz CT molecular complexity index is 435. The van der Waals surface area contributed by atoms with Crippen molar-refractivity contribution in [1.29, 1.82) is 0 Å². The van der Waals surface area contributed by atoms with Gasteiger partial charge in [-0.15, -0.1) is 0 Å². The second-order valence-corrected chi connectivity index (χ2v) is 5.78. The minimum Gasteiger partial charge on any atom is -0.390 e. The minimum atomic E-state index is -0.0387. The van der Waals surface area contributed by atoms with Crippen LogP contribution in [0.25, 0.3) is 0 Å². The Morgan fingerprint density at radius 1 is 1.50 bits per heavy atom. The third-order valence-electron chi connectivity index (χ3n) is 3.79. The number of aliphatic hydroxyl groups excluding tert-OH is 1. The summed E-state index contributed by atoms with van der Waals surface area (Å²) in [5.41, 5.74) is 1.71. The lowest BCUT2D eigenvalue weighted by atomic mass is 9.98. The molecule has 20 heavy (non-hydrogen) atoms. The van der Waals surface area contributed by atoms with Gasteiger partial charge < -0.3 is 14.7 Å². The van der Waals surface area contributed by atoms with Gasteiger partial charge in [0.2, 0.25) is 0 Å². The molecule has 0 aliphatic carbocycles. The largest absolute Gasteiger partial charge is 0.390 e. The summed E-state index contributed by atoms with van der Waals surface area (Å²) in [5, 5.41) is 9.58. The molecular weight excluding hydrogens is 254 g/mol. The zero-order valence-corrected chi connectivity index (χ0v) is 12.7. The van der Waals surface area contributed by atoms with E-state index in [2.05, 4.69) is 28.7 Å². The number of aromatic nitrogens is 2. The number of rotatable bonds is 5. The maximum atomic E-state index is 9.58. The van der Waals surface area contributed by atoms with Crippen molar-refractivity contribution >= 4 is 5.69 Å². The molecule has 1 aliphatic rings. The smallest absolute Gasteiger partial charge is 0.131 e. The molecule has 2 heterocycles. The highest BCUT2D eigenvalue weighted by atomic mass is 16.5. The number of ether oxygens (including phenoxy) is 1. The van der Waals surface area contributed by atoms with Crippen LogP contribution >= 0.6 is 0 Å². The van der Waals surface area contributed by atoms with Gasteiger partial charge in [-0.1, -0.05) is 13.8 Å². The molecule has 1 unspecified atom stereocenters. The number of nitrogens with zero attached hydrogens (tertiary/aromatic N) is 3. The first kappa shape index (κ1) is 15.2. The number of hydrogen-bond donors (Lipinski definition) is 1. The van der Waals surface area contributed by atoms with E-state index >= 15 is 0 Å². The molecule has 1 fully saturated rings. The van der Waals surface area contributed by atoms with Gasteiger partial charge in [0.15, 0.2) is 0 Å². The zero-order chi connectivity index (χ0) is 14.5. The van der Waals surface area contributed by atoms with Gasteiger partial charge in [-0.25, -0.2) is 9.97 Å². The maximum absolute atomic E-state index is 9.58. The van der Waals surface area contributed by atoms with Crippen molar-refractivity contribution in [2.24, 2.45) is 5.92 Å². The molecule has 112 valence electrons. The summed E-state index contributed by atoms with van der Waals surface area (Å²) in [6.07, 6.45) is 4.21. The molecule has 1 saturated heterocycles. The lowest BCUT2D eigenvalue weighted by molar-refractivity contribution is 0.143. The Hall–Kier alpha value is -1.20. The molecule has 1 aromatic heterocycles. The van der Waals surface area contributed by atoms with Crippen molar-refractivity contribution in [3.63, 3.8) is 0 Å². The number of piperidine rings is 1. The first-order valence-corrected chi connectivity index (χ1v) is 7.36. The molecule has 0 aromatic carbocycles. The van der Waals surface area contributed by atoms with Crippen molar-refractivity contribution < 1.29 is 9.84 Å². The molecule has 0 radical (unpaired) electrons. The fourth-order valence-electron chi connectivity index (χ4n) is 2.74. The maximum Gasteiger partial charge on any atom is 0.131 e. The van der Waals surface area contributed by atoms with E-state index in [0.29, 0.717) is 5.92 Å². The number of methoxy groups -OCH3 is 1. The van der Waals surface area contributed by atoms with Gasteiger partial charge in [-0.2, -0.15) is 0 Å². The molecule has 0 saturated carbocycles. The molecule has 0 spiro atoms. The predicted molar refractivity (Wildman–Crippen MR) is 78.9 cm³/mol. The third kappa shape index (κ3) is 3.46. The van der Waals surface area contributed by atoms with Gasteiger partial charge in [0.25, 0.3) is 0 Å². The molecule has 1 aromatic rings. The van der Waals surface area contributed by atoms with E-state index in [9.17, 15) is 5.11 Å². The Morgan fingerprint density at radius 3 is 2.95 bits per heavy atom. The van der Waals surface area contributed by atoms with Crippen molar-refractivity contribution in [3.05, 3.63) is 17.7 Å². The summed E-state index contributed by atoms with van der Waals surface area (Å²) in [5.74, 6) is 1.62. The molecule has 1 N–H and O–H groups in total. The second-order valence-electron chi connectivity index (χ2n) is 5.78. The fraction of sp³-hybridized carbons (Fsp3) is 0.733. The van der Waals surface area contributed by atoms with Gasteiger partial charge in [-0.3, -0.25) is 0 Å². The lowest BCUT2D eigenvalue weighted by Gasteiger charge is -2.34. The van der Waals surface area contributed by atoms with Crippen LogP contribution in [-0.2, 0) is 11.3 Å². The topological polar surface area (TPSA) is 58.5 Å². The summed E-state index contributed by atoms with van der Waals surface area (Å²) < 4.78 is 5.27. The molecule has 5 nitrogen and oxygen atoms in total. The third-order valence-corrected chi connectivity index (χ3v) is 3.79. The standard InChI is InChI=1S/C15H25N3O2/c1-11(2)15-16-7-14(13(9-19)17-15)18-6-4-5-12(8-18)10-20-3/h7,11-12,19H,4-6,8-10H2,1-3H3. The van der Waals surface area contributed by atoms with Crippen molar-refractivity contribution in [2.45, 2.75) is 39.2 Å². The Morgan fingerprint density at radius 2 is 2.30 bits per heavy atom.